The summed E-state index contributed by atoms with van der Waals surface area (Å²) in [5, 5.41) is 14.4. The number of halogens is 1. The Labute approximate surface area is 445 Å². The molecule has 1 saturated heterocycles. The Kier molecular flexibility index (Phi) is 18.9. The molecular weight excluding hydrogens is 970 g/mol. The lowest BCUT2D eigenvalue weighted by atomic mass is 9.84. The molecule has 0 saturated carbocycles. The first-order chi connectivity index (χ1) is 35.4. The van der Waals surface area contributed by atoms with E-state index in [1.165, 1.54) is 7.11 Å². The number of aliphatic hydroxyl groups is 1. The first kappa shape index (κ1) is 58.3. The van der Waals surface area contributed by atoms with E-state index < -0.39 is 49.4 Å². The molecule has 3 heterocycles. The van der Waals surface area contributed by atoms with Crippen molar-refractivity contribution in [1.29, 1.82) is 0 Å². The van der Waals surface area contributed by atoms with Crippen molar-refractivity contribution in [2.24, 2.45) is 5.41 Å². The molecular formula is C59H82FN5O9Si. The lowest BCUT2D eigenvalue weighted by Crippen LogP contribution is -2.50. The molecule has 2 amide bonds. The second-order valence-corrected chi connectivity index (χ2v) is 28.0. The molecule has 6 rings (SSSR count). The normalized spacial score (nSPS) is 14.4. The Morgan fingerprint density at radius 1 is 0.853 bits per heavy atom. The predicted molar refractivity (Wildman–Crippen MR) is 297 cm³/mol. The Morgan fingerprint density at radius 2 is 1.51 bits per heavy atom. The second kappa shape index (κ2) is 24.4. The van der Waals surface area contributed by atoms with Crippen molar-refractivity contribution in [3.05, 3.63) is 101 Å². The van der Waals surface area contributed by atoms with Crippen molar-refractivity contribution in [3.8, 4) is 28.1 Å². The van der Waals surface area contributed by atoms with Gasteiger partial charge in [-0.15, -0.1) is 0 Å². The van der Waals surface area contributed by atoms with Gasteiger partial charge < -0.3 is 48.2 Å². The Balaban J connectivity index is 1.52. The Hall–Kier alpha value is -5.97. The number of aryl methyl sites for hydroxylation is 1. The highest BCUT2D eigenvalue weighted by molar-refractivity contribution is 6.78. The third-order valence-electron chi connectivity index (χ3n) is 14.6. The largest absolute Gasteiger partial charge is 0.543 e. The number of carbonyl (C=O) groups is 3. The summed E-state index contributed by atoms with van der Waals surface area (Å²) in [4.78, 5) is 48.7. The molecule has 0 radical (unpaired) electrons. The number of aliphatic hydroxyl groups excluding tert-OH is 1. The maximum absolute atomic E-state index is 17.8. The highest BCUT2D eigenvalue weighted by Gasteiger charge is 2.47. The molecule has 1 fully saturated rings. The number of fused-ring (bicyclic) bond motifs is 1. The van der Waals surface area contributed by atoms with Crippen LogP contribution < -0.4 is 14.6 Å². The number of alkyl carbamates (subject to hydrolysis) is 1. The van der Waals surface area contributed by atoms with Crippen molar-refractivity contribution in [1.82, 2.24) is 19.8 Å². The number of hydrogen-bond donors (Lipinski definition) is 2. The van der Waals surface area contributed by atoms with Gasteiger partial charge in [0.1, 0.15) is 29.8 Å². The third-order valence-corrected chi connectivity index (χ3v) is 20.6. The summed E-state index contributed by atoms with van der Waals surface area (Å²) in [5.74, 6) is -0.848. The molecule has 0 spiro atoms. The molecule has 408 valence electrons. The highest BCUT2D eigenvalue weighted by atomic mass is 28.4. The number of rotatable bonds is 20. The van der Waals surface area contributed by atoms with E-state index in [9.17, 15) is 19.5 Å². The molecule has 0 aliphatic carbocycles. The molecule has 75 heavy (non-hydrogen) atoms. The van der Waals surface area contributed by atoms with Gasteiger partial charge in [0.15, 0.2) is 0 Å². The van der Waals surface area contributed by atoms with Gasteiger partial charge in [-0.25, -0.2) is 18.8 Å². The van der Waals surface area contributed by atoms with Crippen LogP contribution in [0.1, 0.15) is 118 Å². The summed E-state index contributed by atoms with van der Waals surface area (Å²) in [5.41, 5.74) is 6.36. The molecule has 16 heteroatoms. The van der Waals surface area contributed by atoms with E-state index in [2.05, 4.69) is 69.3 Å². The number of amides is 2. The van der Waals surface area contributed by atoms with Gasteiger partial charge in [-0.3, -0.25) is 4.98 Å². The van der Waals surface area contributed by atoms with Crippen LogP contribution in [0.2, 0.25) is 16.6 Å². The van der Waals surface area contributed by atoms with E-state index in [1.54, 1.807) is 44.9 Å². The van der Waals surface area contributed by atoms with Gasteiger partial charge in [0.25, 0.3) is 8.32 Å². The van der Waals surface area contributed by atoms with Crippen molar-refractivity contribution in [2.75, 3.05) is 51.9 Å². The van der Waals surface area contributed by atoms with Crippen LogP contribution in [-0.2, 0) is 49.7 Å². The van der Waals surface area contributed by atoms with Crippen molar-refractivity contribution in [3.63, 3.8) is 0 Å². The highest BCUT2D eigenvalue weighted by Crippen LogP contribution is 2.46. The number of carbonyl (C=O) groups excluding carboxylic acids is 3. The number of methoxy groups -OCH3 is 2. The minimum Gasteiger partial charge on any atom is -0.543 e. The van der Waals surface area contributed by atoms with Gasteiger partial charge in [-0.05, 0) is 116 Å². The zero-order valence-corrected chi connectivity index (χ0v) is 48.1. The standard InChI is InChI=1S/C59H82FN5O9Si/c1-16-65-51-23-22-42(46-32-45(74-75(37(2)3,38(4)5)39(6)7)28-43(52(46)60)30-50(55(67)71-15)62-56(68)73-58(9,10)11)29-47(51)49(33-59(12,13)36-66)54(65)48-31-44(34-61-53(48)40(8)70-14)63-24-26-64(27-25-63)57(69)72-35-41-20-18-17-19-21-41/h17-23,28-29,31-32,34,37-40,50,66H,16,24-27,30,33,35-36H2,1-15H3,(H,62,68)/t40-,50-/m0/s1. The van der Waals surface area contributed by atoms with E-state index in [4.69, 9.17) is 28.4 Å². The fourth-order valence-electron chi connectivity index (χ4n) is 10.8. The van der Waals surface area contributed by atoms with E-state index in [-0.39, 0.29) is 53.5 Å². The van der Waals surface area contributed by atoms with E-state index >= 15 is 4.39 Å². The van der Waals surface area contributed by atoms with Crippen LogP contribution in [0, 0.1) is 11.2 Å². The number of piperazine rings is 1. The first-order valence-electron chi connectivity index (χ1n) is 26.5. The Bertz CT molecular complexity index is 2760. The Morgan fingerprint density at radius 3 is 2.08 bits per heavy atom. The number of esters is 1. The van der Waals surface area contributed by atoms with E-state index in [0.717, 1.165) is 44.7 Å². The van der Waals surface area contributed by atoms with Crippen LogP contribution in [0.5, 0.6) is 5.75 Å². The molecule has 14 nitrogen and oxygen atoms in total. The van der Waals surface area contributed by atoms with Crippen molar-refractivity contribution >= 4 is 43.1 Å². The summed E-state index contributed by atoms with van der Waals surface area (Å²) in [7, 11) is 0.270. The lowest BCUT2D eigenvalue weighted by molar-refractivity contribution is -0.143. The van der Waals surface area contributed by atoms with Gasteiger partial charge in [0.2, 0.25) is 0 Å². The average molecular weight is 1050 g/mol. The second-order valence-electron chi connectivity index (χ2n) is 22.6. The predicted octanol–water partition coefficient (Wildman–Crippen LogP) is 12.4. The van der Waals surface area contributed by atoms with Crippen LogP contribution in [0.15, 0.2) is 72.9 Å². The SMILES string of the molecule is CCn1c(-c2cc(N3CCN(C(=O)OCc4ccccc4)CC3)cnc2[C@H](C)OC)c(CC(C)(C)CO)c2cc(-c3cc(O[Si](C(C)C)(C(C)C)C(C)C)cc(C[C@H](NC(=O)OC(C)(C)C)C(=O)OC)c3F)ccc21. The number of aromatic nitrogens is 2. The molecule has 0 unspecified atom stereocenters. The number of anilines is 1. The van der Waals surface area contributed by atoms with Gasteiger partial charge >= 0.3 is 18.2 Å². The van der Waals surface area contributed by atoms with Crippen LogP contribution in [-0.4, -0.2) is 105 Å². The molecule has 1 aliphatic rings. The zero-order chi connectivity index (χ0) is 55.2. The minimum atomic E-state index is -2.62. The number of benzene rings is 3. The molecule has 3 aromatic carbocycles. The smallest absolute Gasteiger partial charge is 0.410 e. The fraction of sp³-hybridized carbons (Fsp3) is 0.525. The molecule has 2 atom stereocenters. The van der Waals surface area contributed by atoms with Gasteiger partial charge in [0.05, 0.1) is 36.5 Å². The third kappa shape index (κ3) is 13.4. The van der Waals surface area contributed by atoms with Gasteiger partial charge in [0, 0.05) is 74.9 Å². The van der Waals surface area contributed by atoms with E-state index in [0.29, 0.717) is 50.5 Å². The van der Waals surface area contributed by atoms with E-state index in [1.807, 2.05) is 75.5 Å². The average Bonchev–Trinajstić information content (AvgIpc) is 3.67. The molecule has 2 aromatic heterocycles. The summed E-state index contributed by atoms with van der Waals surface area (Å²) in [6.45, 7) is 29.1. The molecule has 0 bridgehead atoms. The topological polar surface area (TPSA) is 154 Å². The van der Waals surface area contributed by atoms with Crippen molar-refractivity contribution < 1.29 is 47.3 Å². The zero-order valence-electron chi connectivity index (χ0n) is 47.1. The fourth-order valence-corrected chi connectivity index (χ4v) is 16.0. The number of hydrogen-bond acceptors (Lipinski definition) is 11. The van der Waals surface area contributed by atoms with Crippen LogP contribution >= 0.6 is 0 Å². The number of nitrogens with zero attached hydrogens (tertiary/aromatic N) is 4. The summed E-state index contributed by atoms with van der Waals surface area (Å²) < 4.78 is 49.6. The summed E-state index contributed by atoms with van der Waals surface area (Å²) in [6, 6.07) is 19.9. The van der Waals surface area contributed by atoms with Gasteiger partial charge in [-0.2, -0.15) is 0 Å². The lowest BCUT2D eigenvalue weighted by Gasteiger charge is -2.42. The van der Waals surface area contributed by atoms with Crippen LogP contribution in [0.4, 0.5) is 19.7 Å². The monoisotopic (exact) mass is 1050 g/mol. The maximum Gasteiger partial charge on any atom is 0.410 e. The number of nitrogens with one attached hydrogen (secondary N) is 1. The van der Waals surface area contributed by atoms with Crippen molar-refractivity contribution in [2.45, 2.75) is 150 Å². The van der Waals surface area contributed by atoms with Crippen LogP contribution in [0.3, 0.4) is 0 Å². The first-order valence-corrected chi connectivity index (χ1v) is 28.6. The molecule has 5 aromatic rings. The number of ether oxygens (including phenoxy) is 4. The molecule has 2 N–H and O–H groups in total. The molecule has 1 aliphatic heterocycles. The number of pyridine rings is 1. The quantitative estimate of drug-likeness (QED) is 0.0435. The summed E-state index contributed by atoms with van der Waals surface area (Å²) in [6.07, 6.45) is 0.504. The van der Waals surface area contributed by atoms with Gasteiger partial charge in [-0.1, -0.05) is 91.8 Å². The van der Waals surface area contributed by atoms with Crippen LogP contribution in [0.25, 0.3) is 33.3 Å². The maximum atomic E-state index is 17.8. The minimum absolute atomic E-state index is 0.0914. The summed E-state index contributed by atoms with van der Waals surface area (Å²) >= 11 is 0.